The van der Waals surface area contributed by atoms with Gasteiger partial charge in [0.1, 0.15) is 0 Å². The number of carbonyl (C=O) groups excluding carboxylic acids is 2. The molecule has 0 saturated carbocycles. The summed E-state index contributed by atoms with van der Waals surface area (Å²) in [6.07, 6.45) is 1.74. The van der Waals surface area contributed by atoms with Crippen LogP contribution in [0.3, 0.4) is 0 Å². The molecule has 2 aromatic rings. The summed E-state index contributed by atoms with van der Waals surface area (Å²) in [5.74, 6) is -0.957. The van der Waals surface area contributed by atoms with Crippen molar-refractivity contribution >= 4 is 27.8 Å². The molecular weight excluding hydrogens is 362 g/mol. The predicted octanol–water partition coefficient (Wildman–Crippen LogP) is 3.86. The molecule has 1 aromatic heterocycles. The van der Waals surface area contributed by atoms with Crippen molar-refractivity contribution in [1.29, 1.82) is 0 Å². The lowest BCUT2D eigenvalue weighted by Gasteiger charge is -2.18. The second-order valence-electron chi connectivity index (χ2n) is 5.00. The first-order valence-electron chi connectivity index (χ1n) is 7.37. The normalized spacial score (nSPS) is 11.7. The van der Waals surface area contributed by atoms with Gasteiger partial charge >= 0.3 is 5.97 Å². The summed E-state index contributed by atoms with van der Waals surface area (Å²) in [6.45, 7) is 1.71. The molecule has 0 unspecified atom stereocenters. The van der Waals surface area contributed by atoms with E-state index in [1.807, 2.05) is 30.3 Å². The molecule has 5 nitrogen and oxygen atoms in total. The summed E-state index contributed by atoms with van der Waals surface area (Å²) in [5.41, 5.74) is 1.03. The Kier molecular flexibility index (Phi) is 6.40. The lowest BCUT2D eigenvalue weighted by atomic mass is 10.0. The summed E-state index contributed by atoms with van der Waals surface area (Å²) >= 11 is 3.10. The highest BCUT2D eigenvalue weighted by molar-refractivity contribution is 9.10. The molecule has 0 aliphatic rings. The second-order valence-corrected chi connectivity index (χ2v) is 5.78. The van der Waals surface area contributed by atoms with E-state index in [1.54, 1.807) is 6.07 Å². The molecule has 0 saturated heterocycles. The molecule has 6 heteroatoms. The van der Waals surface area contributed by atoms with E-state index in [4.69, 9.17) is 9.15 Å². The Bertz CT molecular complexity index is 654. The van der Waals surface area contributed by atoms with Gasteiger partial charge < -0.3 is 14.5 Å². The van der Waals surface area contributed by atoms with Crippen molar-refractivity contribution in [2.24, 2.45) is 0 Å². The van der Waals surface area contributed by atoms with Gasteiger partial charge in [0.2, 0.25) is 5.76 Å². The molecule has 1 aromatic carbocycles. The number of halogens is 1. The smallest absolute Gasteiger partial charge is 0.374 e. The Morgan fingerprint density at radius 3 is 2.57 bits per heavy atom. The van der Waals surface area contributed by atoms with Crippen LogP contribution in [0.1, 0.15) is 41.9 Å². The fourth-order valence-electron chi connectivity index (χ4n) is 2.16. The largest absolute Gasteiger partial charge is 0.450 e. The average Bonchev–Trinajstić information content (AvgIpc) is 2.99. The van der Waals surface area contributed by atoms with Crippen LogP contribution < -0.4 is 5.32 Å². The maximum Gasteiger partial charge on any atom is 0.374 e. The maximum absolute atomic E-state index is 12.0. The molecule has 0 spiro atoms. The second kappa shape index (κ2) is 8.53. The molecule has 0 radical (unpaired) electrons. The first-order valence-corrected chi connectivity index (χ1v) is 8.16. The molecule has 0 fully saturated rings. The number of nitrogens with one attached hydrogen (secondary N) is 1. The molecule has 0 aliphatic heterocycles. The fourth-order valence-corrected chi connectivity index (χ4v) is 2.46. The minimum Gasteiger partial charge on any atom is -0.450 e. The number of rotatable bonds is 7. The summed E-state index contributed by atoms with van der Waals surface area (Å²) in [6, 6.07) is 12.7. The maximum atomic E-state index is 12.0. The number of carbonyl (C=O) groups is 2. The Balaban J connectivity index is 1.88. The van der Waals surface area contributed by atoms with Crippen LogP contribution in [0.5, 0.6) is 0 Å². The number of hydrogen-bond acceptors (Lipinski definition) is 4. The van der Waals surface area contributed by atoms with Gasteiger partial charge in [0.25, 0.3) is 5.91 Å². The predicted molar refractivity (Wildman–Crippen MR) is 88.9 cm³/mol. The first-order chi connectivity index (χ1) is 11.1. The van der Waals surface area contributed by atoms with E-state index in [2.05, 4.69) is 28.2 Å². The van der Waals surface area contributed by atoms with Crippen molar-refractivity contribution in [2.75, 3.05) is 6.61 Å². The van der Waals surface area contributed by atoms with E-state index in [0.717, 1.165) is 18.4 Å². The molecule has 0 aliphatic carbocycles. The molecule has 1 N–H and O–H groups in total. The molecule has 1 atom stereocenters. The van der Waals surface area contributed by atoms with Crippen molar-refractivity contribution < 1.29 is 18.7 Å². The van der Waals surface area contributed by atoms with Gasteiger partial charge in [-0.1, -0.05) is 43.7 Å². The number of hydrogen-bond donors (Lipinski definition) is 1. The van der Waals surface area contributed by atoms with Crippen molar-refractivity contribution in [3.8, 4) is 0 Å². The van der Waals surface area contributed by atoms with E-state index in [0.29, 0.717) is 4.67 Å². The number of furan rings is 1. The van der Waals surface area contributed by atoms with E-state index in [9.17, 15) is 9.59 Å². The lowest BCUT2D eigenvalue weighted by molar-refractivity contribution is -0.125. The summed E-state index contributed by atoms with van der Waals surface area (Å²) in [5, 5.41) is 2.89. The van der Waals surface area contributed by atoms with Gasteiger partial charge in [-0.05, 0) is 40.0 Å². The summed E-state index contributed by atoms with van der Waals surface area (Å²) < 4.78 is 10.5. The quantitative estimate of drug-likeness (QED) is 0.741. The zero-order valence-corrected chi connectivity index (χ0v) is 14.3. The number of benzene rings is 1. The Morgan fingerprint density at radius 1 is 1.22 bits per heavy atom. The van der Waals surface area contributed by atoms with E-state index in [1.165, 1.54) is 6.07 Å². The number of ether oxygens (including phenoxy) is 1. The number of amides is 1. The van der Waals surface area contributed by atoms with Crippen LogP contribution in [0.4, 0.5) is 0 Å². The van der Waals surface area contributed by atoms with Crippen LogP contribution >= 0.6 is 15.9 Å². The molecular formula is C17H18BrNO4. The average molecular weight is 380 g/mol. The minimum atomic E-state index is -0.669. The Labute approximate surface area is 143 Å². The van der Waals surface area contributed by atoms with E-state index < -0.39 is 5.97 Å². The zero-order chi connectivity index (χ0) is 16.7. The van der Waals surface area contributed by atoms with Crippen molar-refractivity contribution in [1.82, 2.24) is 5.32 Å². The standard InChI is InChI=1S/C17H18BrNO4/c1-2-6-13(12-7-4-3-5-8-12)19-16(20)11-22-17(21)14-9-10-15(18)23-14/h3-5,7-10,13H,2,6,11H2,1H3,(H,19,20)/t13-/m0/s1. The van der Waals surface area contributed by atoms with Gasteiger partial charge in [-0.25, -0.2) is 4.79 Å². The first kappa shape index (κ1) is 17.3. The van der Waals surface area contributed by atoms with Crippen LogP contribution in [0.15, 0.2) is 51.6 Å². The summed E-state index contributed by atoms with van der Waals surface area (Å²) in [7, 11) is 0. The van der Waals surface area contributed by atoms with Crippen LogP contribution in [0.25, 0.3) is 0 Å². The SMILES string of the molecule is CCC[C@H](NC(=O)COC(=O)c1ccc(Br)o1)c1ccccc1. The van der Waals surface area contributed by atoms with Crippen LogP contribution in [-0.2, 0) is 9.53 Å². The van der Waals surface area contributed by atoms with Gasteiger partial charge in [0, 0.05) is 0 Å². The highest BCUT2D eigenvalue weighted by atomic mass is 79.9. The van der Waals surface area contributed by atoms with Gasteiger partial charge in [0.05, 0.1) is 6.04 Å². The Hall–Kier alpha value is -2.08. The van der Waals surface area contributed by atoms with Crippen LogP contribution in [0, 0.1) is 0 Å². The summed E-state index contributed by atoms with van der Waals surface area (Å²) in [4.78, 5) is 23.7. The highest BCUT2D eigenvalue weighted by Gasteiger charge is 2.17. The number of esters is 1. The lowest BCUT2D eigenvalue weighted by Crippen LogP contribution is -2.32. The van der Waals surface area contributed by atoms with Crippen LogP contribution in [0.2, 0.25) is 0 Å². The molecule has 0 bridgehead atoms. The van der Waals surface area contributed by atoms with Gasteiger partial charge in [0.15, 0.2) is 11.3 Å². The fraction of sp³-hybridized carbons (Fsp3) is 0.294. The third-order valence-electron chi connectivity index (χ3n) is 3.22. The van der Waals surface area contributed by atoms with E-state index in [-0.39, 0.29) is 24.3 Å². The molecule has 122 valence electrons. The molecule has 1 amide bonds. The highest BCUT2D eigenvalue weighted by Crippen LogP contribution is 2.18. The van der Waals surface area contributed by atoms with Gasteiger partial charge in [-0.3, -0.25) is 4.79 Å². The van der Waals surface area contributed by atoms with Crippen molar-refractivity contribution in [2.45, 2.75) is 25.8 Å². The van der Waals surface area contributed by atoms with E-state index >= 15 is 0 Å². The monoisotopic (exact) mass is 379 g/mol. The van der Waals surface area contributed by atoms with Crippen molar-refractivity contribution in [3.63, 3.8) is 0 Å². The molecule has 2 rings (SSSR count). The zero-order valence-electron chi connectivity index (χ0n) is 12.8. The minimum absolute atomic E-state index is 0.0536. The third-order valence-corrected chi connectivity index (χ3v) is 3.65. The van der Waals surface area contributed by atoms with Crippen molar-refractivity contribution in [3.05, 3.63) is 58.5 Å². The molecule has 1 heterocycles. The van der Waals surface area contributed by atoms with Gasteiger partial charge in [-0.15, -0.1) is 0 Å². The topological polar surface area (TPSA) is 68.5 Å². The Morgan fingerprint density at radius 2 is 1.96 bits per heavy atom. The van der Waals surface area contributed by atoms with Gasteiger partial charge in [-0.2, -0.15) is 0 Å². The molecule has 23 heavy (non-hydrogen) atoms. The third kappa shape index (κ3) is 5.25. The van der Waals surface area contributed by atoms with Crippen LogP contribution in [-0.4, -0.2) is 18.5 Å².